The first kappa shape index (κ1) is 21.4. The van der Waals surface area contributed by atoms with E-state index in [9.17, 15) is 9.18 Å². The molecule has 1 spiro atoms. The largest absolute Gasteiger partial charge is 0.326 e. The Hall–Kier alpha value is -2.09. The molecular formula is C25H26ClFN4OS. The predicted molar refractivity (Wildman–Crippen MR) is 132 cm³/mol. The summed E-state index contributed by atoms with van der Waals surface area (Å²) in [5, 5.41) is 0.645. The fourth-order valence-electron chi connectivity index (χ4n) is 5.32. The molecule has 3 heterocycles. The van der Waals surface area contributed by atoms with E-state index in [1.807, 2.05) is 30.0 Å². The van der Waals surface area contributed by atoms with Crippen LogP contribution < -0.4 is 4.90 Å². The summed E-state index contributed by atoms with van der Waals surface area (Å²) < 4.78 is 16.3. The minimum atomic E-state index is -0.449. The first-order chi connectivity index (χ1) is 16.0. The van der Waals surface area contributed by atoms with Gasteiger partial charge in [-0.3, -0.25) is 4.79 Å². The van der Waals surface area contributed by atoms with Crippen molar-refractivity contribution in [2.24, 2.45) is 0 Å². The highest BCUT2D eigenvalue weighted by Crippen LogP contribution is 2.57. The van der Waals surface area contributed by atoms with Crippen molar-refractivity contribution in [1.82, 2.24) is 14.5 Å². The highest BCUT2D eigenvalue weighted by atomic mass is 35.5. The molecule has 1 saturated heterocycles. The molecule has 5 nitrogen and oxygen atoms in total. The van der Waals surface area contributed by atoms with E-state index in [1.54, 1.807) is 11.0 Å². The van der Waals surface area contributed by atoms with E-state index in [0.717, 1.165) is 67.9 Å². The minimum absolute atomic E-state index is 0.0746. The molecule has 2 fully saturated rings. The van der Waals surface area contributed by atoms with Gasteiger partial charge in [0.2, 0.25) is 5.91 Å². The maximum Gasteiger partial charge on any atom is 0.238 e. The predicted octanol–water partition coefficient (Wildman–Crippen LogP) is 4.85. The van der Waals surface area contributed by atoms with Gasteiger partial charge in [0.15, 0.2) is 0 Å². The number of amides is 1. The van der Waals surface area contributed by atoms with Gasteiger partial charge in [-0.2, -0.15) is 11.8 Å². The third kappa shape index (κ3) is 3.74. The topological polar surface area (TPSA) is 41.4 Å². The first-order valence-corrected chi connectivity index (χ1v) is 13.2. The second kappa shape index (κ2) is 8.29. The van der Waals surface area contributed by atoms with Crippen LogP contribution in [0.25, 0.3) is 11.0 Å². The molecule has 1 aliphatic carbocycles. The molecule has 3 aliphatic rings. The second-order valence-electron chi connectivity index (χ2n) is 9.26. The molecule has 1 amide bonds. The van der Waals surface area contributed by atoms with Crippen LogP contribution in [0.2, 0.25) is 5.02 Å². The molecule has 2 aromatic carbocycles. The Labute approximate surface area is 201 Å². The number of benzene rings is 2. The van der Waals surface area contributed by atoms with Crippen LogP contribution in [0.1, 0.15) is 30.7 Å². The molecule has 8 heteroatoms. The maximum absolute atomic E-state index is 14.1. The average molecular weight is 485 g/mol. The summed E-state index contributed by atoms with van der Waals surface area (Å²) in [6.07, 6.45) is 2.68. The lowest BCUT2D eigenvalue weighted by molar-refractivity contribution is -0.120. The van der Waals surface area contributed by atoms with E-state index in [2.05, 4.69) is 9.47 Å². The van der Waals surface area contributed by atoms with Crippen molar-refractivity contribution in [3.8, 4) is 0 Å². The molecule has 2 aliphatic heterocycles. The van der Waals surface area contributed by atoms with Crippen molar-refractivity contribution >= 4 is 46.0 Å². The number of rotatable bonds is 6. The number of thioether (sulfide) groups is 1. The number of aromatic nitrogens is 2. The van der Waals surface area contributed by atoms with Gasteiger partial charge in [0.1, 0.15) is 11.6 Å². The van der Waals surface area contributed by atoms with E-state index in [1.165, 1.54) is 23.6 Å². The fraction of sp³-hybridized carbons (Fsp3) is 0.440. The number of carbonyl (C=O) groups excluding carboxylic acids is 1. The number of hydrogen-bond acceptors (Lipinski definition) is 4. The lowest BCUT2D eigenvalue weighted by Crippen LogP contribution is -2.34. The van der Waals surface area contributed by atoms with E-state index in [-0.39, 0.29) is 11.7 Å². The first-order valence-electron chi connectivity index (χ1n) is 11.6. The molecule has 1 aromatic heterocycles. The number of anilines is 1. The van der Waals surface area contributed by atoms with E-state index < -0.39 is 5.41 Å². The van der Waals surface area contributed by atoms with E-state index in [4.69, 9.17) is 16.6 Å². The fourth-order valence-corrected chi connectivity index (χ4v) is 6.47. The Balaban J connectivity index is 1.31. The average Bonchev–Trinajstić information content (AvgIpc) is 3.51. The van der Waals surface area contributed by atoms with E-state index in [0.29, 0.717) is 17.3 Å². The highest BCUT2D eigenvalue weighted by Gasteiger charge is 2.59. The molecule has 0 N–H and O–H groups in total. The summed E-state index contributed by atoms with van der Waals surface area (Å²) in [6, 6.07) is 10.5. The van der Waals surface area contributed by atoms with Crippen molar-refractivity contribution < 1.29 is 9.18 Å². The quantitative estimate of drug-likeness (QED) is 0.501. The molecule has 0 unspecified atom stereocenters. The van der Waals surface area contributed by atoms with Gasteiger partial charge >= 0.3 is 0 Å². The van der Waals surface area contributed by atoms with Crippen LogP contribution in [0.4, 0.5) is 10.1 Å². The number of aryl methyl sites for hydroxylation is 1. The van der Waals surface area contributed by atoms with Crippen LogP contribution in [0, 0.1) is 5.82 Å². The summed E-state index contributed by atoms with van der Waals surface area (Å²) in [4.78, 5) is 22.5. The molecule has 1 saturated carbocycles. The lowest BCUT2D eigenvalue weighted by Gasteiger charge is -2.26. The third-order valence-corrected chi connectivity index (χ3v) is 8.40. The summed E-state index contributed by atoms with van der Waals surface area (Å²) in [5.41, 5.74) is 3.06. The van der Waals surface area contributed by atoms with Crippen LogP contribution in [-0.2, 0) is 23.3 Å². The van der Waals surface area contributed by atoms with Gasteiger partial charge in [-0.1, -0.05) is 17.7 Å². The summed E-state index contributed by atoms with van der Waals surface area (Å²) >= 11 is 8.27. The Bertz CT molecular complexity index is 1230. The van der Waals surface area contributed by atoms with Crippen molar-refractivity contribution in [2.45, 2.75) is 37.8 Å². The number of nitrogens with zero attached hydrogens (tertiary/aromatic N) is 4. The summed E-state index contributed by atoms with van der Waals surface area (Å²) in [5.74, 6) is 2.98. The summed E-state index contributed by atoms with van der Waals surface area (Å²) in [7, 11) is 0. The van der Waals surface area contributed by atoms with Crippen LogP contribution in [-0.4, -0.2) is 51.5 Å². The Morgan fingerprint density at radius 2 is 1.91 bits per heavy atom. The normalized spacial score (nSPS) is 19.6. The number of imidazole rings is 1. The standard InChI is InChI=1S/C25H26ClFN4OS/c26-17-2-5-21-20(14-17)28-23(30(21)9-1-8-29-10-12-33-13-11-29)16-31-22-15-18(27)3-4-19(22)25(6-7-25)24(31)32/h2-5,14-15H,1,6-13,16H2. The monoisotopic (exact) mass is 484 g/mol. The van der Waals surface area contributed by atoms with Crippen molar-refractivity contribution in [1.29, 1.82) is 0 Å². The minimum Gasteiger partial charge on any atom is -0.326 e. The molecular weight excluding hydrogens is 459 g/mol. The molecule has 0 atom stereocenters. The van der Waals surface area contributed by atoms with Gasteiger partial charge in [0.05, 0.1) is 28.7 Å². The van der Waals surface area contributed by atoms with Crippen molar-refractivity contribution in [3.05, 3.63) is 58.6 Å². The molecule has 172 valence electrons. The SMILES string of the molecule is O=C1N(Cc2nc3cc(Cl)ccc3n2CCCN2CCSCC2)c2cc(F)ccc2C12CC2. The van der Waals surface area contributed by atoms with Gasteiger partial charge in [-0.25, -0.2) is 9.37 Å². The maximum atomic E-state index is 14.1. The Morgan fingerprint density at radius 1 is 1.09 bits per heavy atom. The molecule has 6 rings (SSSR count). The number of hydrogen-bond donors (Lipinski definition) is 0. The highest BCUT2D eigenvalue weighted by molar-refractivity contribution is 7.99. The van der Waals surface area contributed by atoms with Gasteiger partial charge in [0.25, 0.3) is 0 Å². The molecule has 0 bridgehead atoms. The lowest BCUT2D eigenvalue weighted by atomic mass is 9.98. The van der Waals surface area contributed by atoms with Crippen LogP contribution in [0.3, 0.4) is 0 Å². The molecule has 33 heavy (non-hydrogen) atoms. The zero-order chi connectivity index (χ0) is 22.6. The number of carbonyl (C=O) groups is 1. The molecule has 0 radical (unpaired) electrons. The second-order valence-corrected chi connectivity index (χ2v) is 10.9. The number of halogens is 2. The van der Waals surface area contributed by atoms with E-state index >= 15 is 0 Å². The summed E-state index contributed by atoms with van der Waals surface area (Å²) in [6.45, 7) is 4.49. The molecule has 3 aromatic rings. The van der Waals surface area contributed by atoms with Gasteiger partial charge in [0, 0.05) is 36.2 Å². The van der Waals surface area contributed by atoms with Crippen molar-refractivity contribution in [2.75, 3.05) is 36.0 Å². The smallest absolute Gasteiger partial charge is 0.238 e. The Morgan fingerprint density at radius 3 is 2.70 bits per heavy atom. The third-order valence-electron chi connectivity index (χ3n) is 7.22. The van der Waals surface area contributed by atoms with Gasteiger partial charge < -0.3 is 14.4 Å². The zero-order valence-corrected chi connectivity index (χ0v) is 20.0. The Kier molecular flexibility index (Phi) is 5.39. The van der Waals surface area contributed by atoms with Gasteiger partial charge in [-0.15, -0.1) is 0 Å². The van der Waals surface area contributed by atoms with Crippen LogP contribution in [0.5, 0.6) is 0 Å². The van der Waals surface area contributed by atoms with Crippen molar-refractivity contribution in [3.63, 3.8) is 0 Å². The number of fused-ring (bicyclic) bond motifs is 3. The van der Waals surface area contributed by atoms with Crippen LogP contribution >= 0.6 is 23.4 Å². The zero-order valence-electron chi connectivity index (χ0n) is 18.4. The van der Waals surface area contributed by atoms with Crippen LogP contribution in [0.15, 0.2) is 36.4 Å². The van der Waals surface area contributed by atoms with Gasteiger partial charge in [-0.05, 0) is 61.7 Å².